The van der Waals surface area contributed by atoms with E-state index in [9.17, 15) is 5.11 Å². The first-order chi connectivity index (χ1) is 13.2. The van der Waals surface area contributed by atoms with E-state index in [1.807, 2.05) is 12.1 Å². The summed E-state index contributed by atoms with van der Waals surface area (Å²) in [5.74, 6) is 2.09. The highest BCUT2D eigenvalue weighted by Crippen LogP contribution is 2.37. The Morgan fingerprint density at radius 2 is 2.15 bits per heavy atom. The minimum absolute atomic E-state index is 0.137. The number of hydrogen-bond acceptors (Lipinski definition) is 6. The molecule has 0 aliphatic carbocycles. The Labute approximate surface area is 164 Å². The summed E-state index contributed by atoms with van der Waals surface area (Å²) >= 11 is 3.28. The van der Waals surface area contributed by atoms with E-state index in [0.717, 1.165) is 23.9 Å². The summed E-state index contributed by atoms with van der Waals surface area (Å²) in [6.07, 6.45) is 4.05. The molecule has 1 aliphatic heterocycles. The molecule has 0 unspecified atom stereocenters. The average molecular weight is 402 g/mol. The van der Waals surface area contributed by atoms with Gasteiger partial charge in [-0.2, -0.15) is 9.50 Å². The van der Waals surface area contributed by atoms with Gasteiger partial charge >= 0.3 is 0 Å². The number of hydrogen-bond donors (Lipinski definition) is 2. The molecular formula is C19H21N4O2S2+. The van der Waals surface area contributed by atoms with Crippen LogP contribution in [0.2, 0.25) is 0 Å². The third-order valence-electron chi connectivity index (χ3n) is 5.36. The van der Waals surface area contributed by atoms with Crippen LogP contribution in [0.4, 0.5) is 0 Å². The van der Waals surface area contributed by atoms with Crippen molar-refractivity contribution >= 4 is 27.6 Å². The SMILES string of the molecule is CC1CC[NH+]([C@@H](c2cccs2)c2sc3nc(-c4ccco4)nn3c2O)CC1. The maximum atomic E-state index is 11.0. The van der Waals surface area contributed by atoms with Crippen molar-refractivity contribution in [1.82, 2.24) is 14.6 Å². The summed E-state index contributed by atoms with van der Waals surface area (Å²) in [4.78, 5) is 9.01. The molecule has 5 heterocycles. The van der Waals surface area contributed by atoms with Gasteiger partial charge in [0.1, 0.15) is 4.88 Å². The van der Waals surface area contributed by atoms with E-state index in [0.29, 0.717) is 16.5 Å². The maximum absolute atomic E-state index is 11.0. The molecule has 0 amide bonds. The smallest absolute Gasteiger partial charge is 0.235 e. The monoisotopic (exact) mass is 401 g/mol. The molecule has 6 nitrogen and oxygen atoms in total. The number of thiophene rings is 1. The molecule has 8 heteroatoms. The van der Waals surface area contributed by atoms with Crippen LogP contribution in [-0.4, -0.2) is 32.8 Å². The predicted octanol–water partition coefficient (Wildman–Crippen LogP) is 3.22. The Bertz CT molecular complexity index is 1030. The van der Waals surface area contributed by atoms with Gasteiger partial charge in [-0.05, 0) is 42.3 Å². The molecular weight excluding hydrogens is 380 g/mol. The fourth-order valence-corrected chi connectivity index (χ4v) is 5.94. The Morgan fingerprint density at radius 1 is 1.30 bits per heavy atom. The Kier molecular flexibility index (Phi) is 4.26. The van der Waals surface area contributed by atoms with Crippen LogP contribution in [0.1, 0.15) is 35.6 Å². The number of aromatic nitrogens is 3. The van der Waals surface area contributed by atoms with E-state index >= 15 is 0 Å². The van der Waals surface area contributed by atoms with Gasteiger partial charge in [0, 0.05) is 0 Å². The first kappa shape index (κ1) is 17.0. The topological polar surface area (TPSA) is 68.0 Å². The lowest BCUT2D eigenvalue weighted by Gasteiger charge is -2.32. The van der Waals surface area contributed by atoms with Gasteiger partial charge in [-0.15, -0.1) is 16.4 Å². The molecule has 0 aromatic carbocycles. The molecule has 4 aromatic rings. The molecule has 0 spiro atoms. The summed E-state index contributed by atoms with van der Waals surface area (Å²) in [7, 11) is 0. The van der Waals surface area contributed by atoms with Crippen molar-refractivity contribution in [2.24, 2.45) is 5.92 Å². The molecule has 0 saturated carbocycles. The number of likely N-dealkylation sites (tertiary alicyclic amines) is 1. The quantitative estimate of drug-likeness (QED) is 0.551. The zero-order valence-corrected chi connectivity index (χ0v) is 16.6. The van der Waals surface area contributed by atoms with Crippen LogP contribution in [0.5, 0.6) is 5.88 Å². The lowest BCUT2D eigenvalue weighted by molar-refractivity contribution is -0.930. The van der Waals surface area contributed by atoms with Gasteiger partial charge in [-0.1, -0.05) is 24.3 Å². The Balaban J connectivity index is 1.56. The largest absolute Gasteiger partial charge is 0.492 e. The summed E-state index contributed by atoms with van der Waals surface area (Å²) in [5, 5.41) is 17.6. The van der Waals surface area contributed by atoms with Crippen LogP contribution >= 0.6 is 22.7 Å². The zero-order chi connectivity index (χ0) is 18.4. The molecule has 27 heavy (non-hydrogen) atoms. The van der Waals surface area contributed by atoms with Crippen molar-refractivity contribution < 1.29 is 14.4 Å². The minimum atomic E-state index is 0.137. The van der Waals surface area contributed by atoms with Gasteiger partial charge in [0.05, 0.1) is 24.2 Å². The van der Waals surface area contributed by atoms with Gasteiger partial charge in [0.15, 0.2) is 11.8 Å². The standard InChI is InChI=1S/C19H20N4O2S2/c1-12-6-8-22(9-7-12)15(14-5-3-11-26-14)16-18(24)23-19(27-16)20-17(21-23)13-4-2-10-25-13/h2-5,10-12,15,24H,6-9H2,1H3/p+1/t15-/m0/s1. The number of piperidine rings is 1. The van der Waals surface area contributed by atoms with Crippen molar-refractivity contribution in [3.8, 4) is 17.5 Å². The third-order valence-corrected chi connectivity index (χ3v) is 7.38. The Morgan fingerprint density at radius 3 is 2.81 bits per heavy atom. The van der Waals surface area contributed by atoms with Gasteiger partial charge in [-0.25, -0.2) is 0 Å². The van der Waals surface area contributed by atoms with Crippen molar-refractivity contribution in [3.05, 3.63) is 45.7 Å². The second kappa shape index (κ2) is 6.78. The molecule has 0 bridgehead atoms. The van der Waals surface area contributed by atoms with Gasteiger partial charge < -0.3 is 14.4 Å². The number of quaternary nitrogens is 1. The fraction of sp³-hybridized carbons (Fsp3) is 0.368. The molecule has 5 rings (SSSR count). The number of fused-ring (bicyclic) bond motifs is 1. The van der Waals surface area contributed by atoms with Crippen LogP contribution < -0.4 is 4.90 Å². The second-order valence-corrected chi connectivity index (χ2v) is 9.17. The van der Waals surface area contributed by atoms with E-state index < -0.39 is 0 Å². The van der Waals surface area contributed by atoms with Crippen molar-refractivity contribution in [1.29, 1.82) is 0 Å². The van der Waals surface area contributed by atoms with E-state index in [4.69, 9.17) is 4.42 Å². The normalized spacial score (nSPS) is 21.7. The van der Waals surface area contributed by atoms with Gasteiger partial charge in [0.25, 0.3) is 0 Å². The first-order valence-electron chi connectivity index (χ1n) is 9.21. The summed E-state index contributed by atoms with van der Waals surface area (Å²) in [6, 6.07) is 8.03. The number of rotatable bonds is 4. The maximum Gasteiger partial charge on any atom is 0.235 e. The summed E-state index contributed by atoms with van der Waals surface area (Å²) < 4.78 is 6.93. The van der Waals surface area contributed by atoms with E-state index in [2.05, 4.69) is 34.5 Å². The number of thiazole rings is 1. The van der Waals surface area contributed by atoms with Gasteiger partial charge in [0.2, 0.25) is 16.7 Å². The third kappa shape index (κ3) is 2.97. The first-order valence-corrected chi connectivity index (χ1v) is 10.9. The molecule has 140 valence electrons. The molecule has 1 fully saturated rings. The summed E-state index contributed by atoms with van der Waals surface area (Å²) in [6.45, 7) is 4.57. The van der Waals surface area contributed by atoms with E-state index in [1.165, 1.54) is 34.0 Å². The highest BCUT2D eigenvalue weighted by Gasteiger charge is 2.35. The van der Waals surface area contributed by atoms with Crippen LogP contribution in [0.15, 0.2) is 40.3 Å². The second-order valence-electron chi connectivity index (χ2n) is 7.19. The molecule has 1 aliphatic rings. The molecule has 2 N–H and O–H groups in total. The minimum Gasteiger partial charge on any atom is -0.492 e. The van der Waals surface area contributed by atoms with Crippen LogP contribution in [-0.2, 0) is 0 Å². The number of furan rings is 1. The van der Waals surface area contributed by atoms with E-state index in [-0.39, 0.29) is 11.9 Å². The Hall–Kier alpha value is -2.16. The summed E-state index contributed by atoms with van der Waals surface area (Å²) in [5.41, 5.74) is 0. The zero-order valence-electron chi connectivity index (χ0n) is 15.0. The predicted molar refractivity (Wildman–Crippen MR) is 105 cm³/mol. The fourth-order valence-electron chi connectivity index (χ4n) is 3.84. The number of nitrogens with zero attached hydrogens (tertiary/aromatic N) is 3. The lowest BCUT2D eigenvalue weighted by atomic mass is 9.97. The van der Waals surface area contributed by atoms with Crippen LogP contribution in [0, 0.1) is 5.92 Å². The van der Waals surface area contributed by atoms with Crippen molar-refractivity contribution in [2.75, 3.05) is 13.1 Å². The van der Waals surface area contributed by atoms with Crippen LogP contribution in [0.25, 0.3) is 16.5 Å². The van der Waals surface area contributed by atoms with Gasteiger partial charge in [-0.3, -0.25) is 0 Å². The highest BCUT2D eigenvalue weighted by molar-refractivity contribution is 7.17. The van der Waals surface area contributed by atoms with E-state index in [1.54, 1.807) is 22.1 Å². The molecule has 4 aromatic heterocycles. The molecule has 1 atom stereocenters. The lowest BCUT2D eigenvalue weighted by Crippen LogP contribution is -3.13. The average Bonchev–Trinajstić information content (AvgIpc) is 3.44. The molecule has 1 saturated heterocycles. The van der Waals surface area contributed by atoms with Crippen LogP contribution in [0.3, 0.4) is 0 Å². The van der Waals surface area contributed by atoms with Crippen molar-refractivity contribution in [2.45, 2.75) is 25.8 Å². The number of aromatic hydroxyl groups is 1. The van der Waals surface area contributed by atoms with Crippen molar-refractivity contribution in [3.63, 3.8) is 0 Å². The highest BCUT2D eigenvalue weighted by atomic mass is 32.1. The number of nitrogens with one attached hydrogen (secondary N) is 1. The molecule has 0 radical (unpaired) electrons.